The number of anilines is 1. The van der Waals surface area contributed by atoms with Crippen LogP contribution < -0.4 is 5.32 Å². The molecule has 0 amide bonds. The van der Waals surface area contributed by atoms with E-state index in [1.165, 1.54) is 0 Å². The summed E-state index contributed by atoms with van der Waals surface area (Å²) in [6.07, 6.45) is 1.79. The zero-order chi connectivity index (χ0) is 10.8. The maximum Gasteiger partial charge on any atom is 0.0865 e. The molecular formula is C11H10BrClN2. The van der Waals surface area contributed by atoms with E-state index in [2.05, 4.69) is 33.2 Å². The van der Waals surface area contributed by atoms with Crippen molar-refractivity contribution < 1.29 is 0 Å². The van der Waals surface area contributed by atoms with Gasteiger partial charge in [0, 0.05) is 33.3 Å². The molecule has 4 heteroatoms. The summed E-state index contributed by atoms with van der Waals surface area (Å²) < 4.78 is 0.921. The Morgan fingerprint density at radius 1 is 1.47 bits per heavy atom. The number of nitrogens with one attached hydrogen (secondary N) is 1. The normalized spacial score (nSPS) is 10.6. The van der Waals surface area contributed by atoms with Crippen LogP contribution in [0.25, 0.3) is 10.9 Å². The molecule has 78 valence electrons. The molecule has 2 aromatic rings. The average molecular weight is 286 g/mol. The summed E-state index contributed by atoms with van der Waals surface area (Å²) in [7, 11) is 0. The van der Waals surface area contributed by atoms with Gasteiger partial charge >= 0.3 is 0 Å². The minimum atomic E-state index is 0.710. The lowest BCUT2D eigenvalue weighted by Crippen LogP contribution is -1.97. The Hall–Kier alpha value is -0.800. The van der Waals surface area contributed by atoms with Crippen LogP contribution in [0, 0.1) is 0 Å². The van der Waals surface area contributed by atoms with Crippen LogP contribution in [0.3, 0.4) is 0 Å². The van der Waals surface area contributed by atoms with Crippen LogP contribution >= 0.6 is 27.5 Å². The van der Waals surface area contributed by atoms with E-state index in [4.69, 9.17) is 11.6 Å². The molecule has 0 radical (unpaired) electrons. The second-order valence-electron chi connectivity index (χ2n) is 3.17. The highest BCUT2D eigenvalue weighted by Gasteiger charge is 2.05. The van der Waals surface area contributed by atoms with E-state index in [0.717, 1.165) is 27.6 Å². The minimum Gasteiger partial charge on any atom is -0.385 e. The SMILES string of the molecule is CCNc1ccnc2c(Br)cc(Cl)cc12. The lowest BCUT2D eigenvalue weighted by molar-refractivity contribution is 1.21. The number of pyridine rings is 1. The molecule has 0 saturated carbocycles. The molecule has 2 rings (SSSR count). The number of rotatable bonds is 2. The van der Waals surface area contributed by atoms with Gasteiger partial charge in [0.2, 0.25) is 0 Å². The van der Waals surface area contributed by atoms with E-state index >= 15 is 0 Å². The van der Waals surface area contributed by atoms with Crippen molar-refractivity contribution >= 4 is 44.1 Å². The van der Waals surface area contributed by atoms with Crippen LogP contribution in [-0.4, -0.2) is 11.5 Å². The second kappa shape index (κ2) is 4.37. The molecular weight excluding hydrogens is 275 g/mol. The number of aromatic nitrogens is 1. The molecule has 2 nitrogen and oxygen atoms in total. The van der Waals surface area contributed by atoms with Crippen molar-refractivity contribution in [3.8, 4) is 0 Å². The van der Waals surface area contributed by atoms with Crippen LogP contribution in [0.4, 0.5) is 5.69 Å². The Kier molecular flexibility index (Phi) is 3.12. The smallest absolute Gasteiger partial charge is 0.0865 e. The zero-order valence-corrected chi connectivity index (χ0v) is 10.6. The molecule has 0 aliphatic rings. The zero-order valence-electron chi connectivity index (χ0n) is 8.22. The van der Waals surface area contributed by atoms with Crippen LogP contribution in [0.2, 0.25) is 5.02 Å². The molecule has 1 heterocycles. The molecule has 0 atom stereocenters. The summed E-state index contributed by atoms with van der Waals surface area (Å²) in [5.41, 5.74) is 1.99. The van der Waals surface area contributed by atoms with Gasteiger partial charge in [-0.15, -0.1) is 0 Å². The summed E-state index contributed by atoms with van der Waals surface area (Å²) in [6.45, 7) is 2.94. The van der Waals surface area contributed by atoms with Crippen LogP contribution in [0.1, 0.15) is 6.92 Å². The highest BCUT2D eigenvalue weighted by Crippen LogP contribution is 2.30. The second-order valence-corrected chi connectivity index (χ2v) is 4.46. The van der Waals surface area contributed by atoms with Gasteiger partial charge in [0.15, 0.2) is 0 Å². The predicted molar refractivity (Wildman–Crippen MR) is 68.6 cm³/mol. The first-order chi connectivity index (χ1) is 7.22. The molecule has 0 saturated heterocycles. The number of hydrogen-bond donors (Lipinski definition) is 1. The van der Waals surface area contributed by atoms with Crippen molar-refractivity contribution in [3.63, 3.8) is 0 Å². The van der Waals surface area contributed by atoms with Crippen LogP contribution in [0.5, 0.6) is 0 Å². The number of fused-ring (bicyclic) bond motifs is 1. The van der Waals surface area contributed by atoms with Gasteiger partial charge in [0.25, 0.3) is 0 Å². The average Bonchev–Trinajstić information content (AvgIpc) is 2.19. The van der Waals surface area contributed by atoms with Gasteiger partial charge in [-0.2, -0.15) is 0 Å². The molecule has 0 unspecified atom stereocenters. The monoisotopic (exact) mass is 284 g/mol. The number of nitrogens with zero attached hydrogens (tertiary/aromatic N) is 1. The molecule has 0 aliphatic heterocycles. The fourth-order valence-electron chi connectivity index (χ4n) is 1.52. The van der Waals surface area contributed by atoms with E-state index in [-0.39, 0.29) is 0 Å². The summed E-state index contributed by atoms with van der Waals surface area (Å²) in [5, 5.41) is 5.04. The standard InChI is InChI=1S/C11H10BrClN2/c1-2-14-10-3-4-15-11-8(10)5-7(13)6-9(11)12/h3-6H,2H2,1H3,(H,14,15). The highest BCUT2D eigenvalue weighted by atomic mass is 79.9. The summed E-state index contributed by atoms with van der Waals surface area (Å²) in [4.78, 5) is 4.32. The Morgan fingerprint density at radius 2 is 2.27 bits per heavy atom. The third-order valence-electron chi connectivity index (χ3n) is 2.13. The van der Waals surface area contributed by atoms with Gasteiger partial charge in [0.05, 0.1) is 5.52 Å². The molecule has 0 aliphatic carbocycles. The minimum absolute atomic E-state index is 0.710. The molecule has 1 aromatic heterocycles. The van der Waals surface area contributed by atoms with Gasteiger partial charge in [-0.1, -0.05) is 11.6 Å². The Labute approximate surface area is 102 Å². The van der Waals surface area contributed by atoms with Gasteiger partial charge in [-0.05, 0) is 41.1 Å². The van der Waals surface area contributed by atoms with Crippen molar-refractivity contribution in [1.82, 2.24) is 4.98 Å². The van der Waals surface area contributed by atoms with Crippen molar-refractivity contribution in [2.75, 3.05) is 11.9 Å². The maximum atomic E-state index is 6.01. The van der Waals surface area contributed by atoms with Crippen molar-refractivity contribution in [2.24, 2.45) is 0 Å². The topological polar surface area (TPSA) is 24.9 Å². The molecule has 0 fully saturated rings. The van der Waals surface area contributed by atoms with Gasteiger partial charge in [-0.3, -0.25) is 4.98 Å². The Morgan fingerprint density at radius 3 is 3.00 bits per heavy atom. The first-order valence-electron chi connectivity index (χ1n) is 4.70. The summed E-state index contributed by atoms with van der Waals surface area (Å²) in [6, 6.07) is 5.73. The lowest BCUT2D eigenvalue weighted by Gasteiger charge is -2.08. The fraction of sp³-hybridized carbons (Fsp3) is 0.182. The molecule has 1 aromatic carbocycles. The molecule has 0 spiro atoms. The van der Waals surface area contributed by atoms with E-state index in [1.54, 1.807) is 6.20 Å². The summed E-state index contributed by atoms with van der Waals surface area (Å²) in [5.74, 6) is 0. The summed E-state index contributed by atoms with van der Waals surface area (Å²) >= 11 is 9.47. The number of hydrogen-bond acceptors (Lipinski definition) is 2. The maximum absolute atomic E-state index is 6.01. The van der Waals surface area contributed by atoms with E-state index in [1.807, 2.05) is 18.2 Å². The van der Waals surface area contributed by atoms with Gasteiger partial charge in [0.1, 0.15) is 0 Å². The first-order valence-corrected chi connectivity index (χ1v) is 5.87. The molecule has 15 heavy (non-hydrogen) atoms. The van der Waals surface area contributed by atoms with Crippen molar-refractivity contribution in [2.45, 2.75) is 6.92 Å². The Bertz CT molecular complexity index is 499. The first kappa shape index (κ1) is 10.7. The van der Waals surface area contributed by atoms with Gasteiger partial charge < -0.3 is 5.32 Å². The highest BCUT2D eigenvalue weighted by molar-refractivity contribution is 9.10. The lowest BCUT2D eigenvalue weighted by atomic mass is 10.2. The van der Waals surface area contributed by atoms with E-state index < -0.39 is 0 Å². The fourth-order valence-corrected chi connectivity index (χ4v) is 2.44. The van der Waals surface area contributed by atoms with Crippen molar-refractivity contribution in [3.05, 3.63) is 33.9 Å². The molecule has 0 bridgehead atoms. The predicted octanol–water partition coefficient (Wildman–Crippen LogP) is 4.08. The third kappa shape index (κ3) is 2.08. The van der Waals surface area contributed by atoms with Crippen molar-refractivity contribution in [1.29, 1.82) is 0 Å². The van der Waals surface area contributed by atoms with Crippen LogP contribution in [0.15, 0.2) is 28.9 Å². The Balaban J connectivity index is 2.73. The quantitative estimate of drug-likeness (QED) is 0.899. The number of benzene rings is 1. The van der Waals surface area contributed by atoms with E-state index in [9.17, 15) is 0 Å². The largest absolute Gasteiger partial charge is 0.385 e. The number of halogens is 2. The third-order valence-corrected chi connectivity index (χ3v) is 2.95. The molecule has 1 N–H and O–H groups in total. The van der Waals surface area contributed by atoms with Gasteiger partial charge in [-0.25, -0.2) is 0 Å². The van der Waals surface area contributed by atoms with Crippen LogP contribution in [-0.2, 0) is 0 Å². The van der Waals surface area contributed by atoms with E-state index in [0.29, 0.717) is 5.02 Å².